The molecule has 180 valence electrons. The highest BCUT2D eigenvalue weighted by atomic mass is 19.3. The summed E-state index contributed by atoms with van der Waals surface area (Å²) in [5.74, 6) is -0.357. The van der Waals surface area contributed by atoms with Crippen LogP contribution in [0.4, 0.5) is 14.7 Å². The predicted molar refractivity (Wildman–Crippen MR) is 125 cm³/mol. The van der Waals surface area contributed by atoms with Crippen molar-refractivity contribution in [3.8, 4) is 11.4 Å². The van der Waals surface area contributed by atoms with Gasteiger partial charge in [0.2, 0.25) is 5.95 Å². The number of halogens is 2. The Kier molecular flexibility index (Phi) is 5.98. The molecule has 5 rings (SSSR count). The van der Waals surface area contributed by atoms with E-state index in [9.17, 15) is 18.4 Å². The summed E-state index contributed by atoms with van der Waals surface area (Å²) >= 11 is 0. The van der Waals surface area contributed by atoms with E-state index in [0.29, 0.717) is 51.3 Å². The van der Waals surface area contributed by atoms with E-state index in [2.05, 4.69) is 25.7 Å². The molecule has 2 aromatic carbocycles. The number of carbonyl (C=O) groups excluding carboxylic acids is 2. The second kappa shape index (κ2) is 9.24. The molecule has 0 aliphatic carbocycles. The Morgan fingerprint density at radius 1 is 1.06 bits per heavy atom. The number of hydrogen-bond acceptors (Lipinski definition) is 5. The Hall–Kier alpha value is -4.15. The van der Waals surface area contributed by atoms with Crippen LogP contribution in [0.2, 0.25) is 0 Å². The predicted octanol–water partition coefficient (Wildman–Crippen LogP) is 4.42. The number of nitrogens with one attached hydrogen (secondary N) is 2. The largest absolute Gasteiger partial charge is 0.352 e. The summed E-state index contributed by atoms with van der Waals surface area (Å²) in [7, 11) is 0. The first-order valence-electron chi connectivity index (χ1n) is 11.3. The summed E-state index contributed by atoms with van der Waals surface area (Å²) in [6.07, 6.45) is 3.36. The molecule has 2 amide bonds. The fourth-order valence-corrected chi connectivity index (χ4v) is 4.41. The molecule has 9 nitrogen and oxygen atoms in total. The van der Waals surface area contributed by atoms with Crippen LogP contribution >= 0.6 is 0 Å². The number of anilines is 1. The number of nitrogens with zero attached hydrogens (tertiary/aromatic N) is 5. The number of fused-ring (bicyclic) bond motifs is 5. The summed E-state index contributed by atoms with van der Waals surface area (Å²) in [6.45, 7) is -0.373. The molecule has 0 radical (unpaired) electrons. The second-order valence-electron chi connectivity index (χ2n) is 8.42. The fraction of sp³-hybridized carbons (Fsp3) is 0.292. The van der Waals surface area contributed by atoms with Crippen LogP contribution in [0, 0.1) is 0 Å². The molecule has 0 spiro atoms. The van der Waals surface area contributed by atoms with Gasteiger partial charge in [0.25, 0.3) is 11.8 Å². The second-order valence-corrected chi connectivity index (χ2v) is 8.42. The minimum Gasteiger partial charge on any atom is -0.352 e. The number of aromatic nitrogens is 5. The van der Waals surface area contributed by atoms with Gasteiger partial charge in [0.1, 0.15) is 6.33 Å². The van der Waals surface area contributed by atoms with Crippen molar-refractivity contribution in [2.24, 2.45) is 0 Å². The molecular formula is C24H23F2N7O2. The third kappa shape index (κ3) is 4.25. The van der Waals surface area contributed by atoms with E-state index >= 15 is 0 Å². The van der Waals surface area contributed by atoms with E-state index in [4.69, 9.17) is 0 Å². The van der Waals surface area contributed by atoms with E-state index in [1.54, 1.807) is 36.4 Å². The van der Waals surface area contributed by atoms with Gasteiger partial charge >= 0.3 is 6.55 Å². The standard InChI is InChI=1S/C24H23F2N7O2/c1-14-6-2-3-11-27-21(34)15-7-4-8-16(12-15)22(35)31-24-30-18-10-5-9-17(19(18)32(14)24)20-28-13-29-33(20)23(25)26/h4-5,7-10,12-14,23H,2-3,6,11H2,1H3,(H,27,34)(H,30,31,35)/t14-/m0/s1. The summed E-state index contributed by atoms with van der Waals surface area (Å²) in [5.41, 5.74) is 2.25. The van der Waals surface area contributed by atoms with Crippen LogP contribution < -0.4 is 10.6 Å². The Labute approximate surface area is 199 Å². The average Bonchev–Trinajstić information content (AvgIpc) is 3.48. The number of para-hydroxylation sites is 1. The molecule has 1 aliphatic rings. The van der Waals surface area contributed by atoms with E-state index < -0.39 is 12.5 Å². The van der Waals surface area contributed by atoms with Gasteiger partial charge in [0.15, 0.2) is 5.82 Å². The molecule has 0 saturated carbocycles. The van der Waals surface area contributed by atoms with Gasteiger partial charge in [-0.25, -0.2) is 9.97 Å². The Morgan fingerprint density at radius 2 is 1.83 bits per heavy atom. The highest BCUT2D eigenvalue weighted by Gasteiger charge is 2.24. The Bertz CT molecular complexity index is 1410. The molecule has 2 bridgehead atoms. The van der Waals surface area contributed by atoms with Crippen molar-refractivity contribution in [1.29, 1.82) is 0 Å². The molecule has 0 saturated heterocycles. The van der Waals surface area contributed by atoms with Crippen LogP contribution in [-0.4, -0.2) is 42.7 Å². The first kappa shape index (κ1) is 22.6. The van der Waals surface area contributed by atoms with Crippen LogP contribution in [0.25, 0.3) is 22.4 Å². The van der Waals surface area contributed by atoms with Crippen molar-refractivity contribution in [2.75, 3.05) is 11.9 Å². The van der Waals surface area contributed by atoms with E-state index in [-0.39, 0.29) is 17.8 Å². The normalized spacial score (nSPS) is 17.1. The van der Waals surface area contributed by atoms with E-state index in [1.807, 2.05) is 11.5 Å². The molecule has 2 N–H and O–H groups in total. The third-order valence-electron chi connectivity index (χ3n) is 6.10. The van der Waals surface area contributed by atoms with Crippen LogP contribution in [0.15, 0.2) is 48.8 Å². The van der Waals surface area contributed by atoms with Gasteiger partial charge in [-0.15, -0.1) is 0 Å². The first-order valence-corrected chi connectivity index (χ1v) is 11.3. The van der Waals surface area contributed by atoms with Crippen molar-refractivity contribution in [2.45, 2.75) is 38.8 Å². The molecule has 4 aromatic rings. The minimum atomic E-state index is -2.86. The summed E-state index contributed by atoms with van der Waals surface area (Å²) in [4.78, 5) is 34.3. The molecule has 3 heterocycles. The zero-order valence-corrected chi connectivity index (χ0v) is 18.9. The van der Waals surface area contributed by atoms with Crippen LogP contribution in [-0.2, 0) is 0 Å². The minimum absolute atomic E-state index is 0.0154. The van der Waals surface area contributed by atoms with Crippen molar-refractivity contribution in [1.82, 2.24) is 29.6 Å². The smallest absolute Gasteiger partial charge is 0.335 e. The number of rotatable bonds is 2. The molecular weight excluding hydrogens is 456 g/mol. The van der Waals surface area contributed by atoms with Crippen LogP contribution in [0.3, 0.4) is 0 Å². The summed E-state index contributed by atoms with van der Waals surface area (Å²) in [6, 6.07) is 11.5. The van der Waals surface area contributed by atoms with Gasteiger partial charge in [-0.3, -0.25) is 14.9 Å². The number of hydrogen-bond donors (Lipinski definition) is 2. The van der Waals surface area contributed by atoms with Gasteiger partial charge in [-0.2, -0.15) is 18.6 Å². The number of imidazole rings is 1. The van der Waals surface area contributed by atoms with Crippen LogP contribution in [0.5, 0.6) is 0 Å². The number of carbonyl (C=O) groups is 2. The van der Waals surface area contributed by atoms with Gasteiger partial charge in [-0.05, 0) is 56.5 Å². The zero-order valence-electron chi connectivity index (χ0n) is 18.9. The van der Waals surface area contributed by atoms with Crippen molar-refractivity contribution in [3.05, 3.63) is 59.9 Å². The summed E-state index contributed by atoms with van der Waals surface area (Å²) in [5, 5.41) is 9.41. The van der Waals surface area contributed by atoms with E-state index in [0.717, 1.165) is 19.2 Å². The number of alkyl halides is 2. The molecule has 2 aromatic heterocycles. The molecule has 1 aliphatic heterocycles. The third-order valence-corrected chi connectivity index (χ3v) is 6.10. The van der Waals surface area contributed by atoms with Crippen molar-refractivity contribution in [3.63, 3.8) is 0 Å². The Morgan fingerprint density at radius 3 is 2.63 bits per heavy atom. The summed E-state index contributed by atoms with van der Waals surface area (Å²) < 4.78 is 29.6. The Balaban J connectivity index is 1.67. The van der Waals surface area contributed by atoms with Gasteiger partial charge in [0.05, 0.1) is 11.0 Å². The lowest BCUT2D eigenvalue weighted by Gasteiger charge is -2.20. The maximum atomic E-state index is 13.6. The lowest BCUT2D eigenvalue weighted by Crippen LogP contribution is -2.25. The molecule has 11 heteroatoms. The fourth-order valence-electron chi connectivity index (χ4n) is 4.41. The highest BCUT2D eigenvalue weighted by Crippen LogP contribution is 2.35. The first-order chi connectivity index (χ1) is 16.9. The van der Waals surface area contributed by atoms with Gasteiger partial charge in [0, 0.05) is 29.3 Å². The maximum Gasteiger partial charge on any atom is 0.335 e. The zero-order chi connectivity index (χ0) is 24.5. The van der Waals surface area contributed by atoms with Crippen molar-refractivity contribution >= 4 is 28.8 Å². The molecule has 0 unspecified atom stereocenters. The topological polar surface area (TPSA) is 107 Å². The maximum absolute atomic E-state index is 13.6. The van der Waals surface area contributed by atoms with Gasteiger partial charge < -0.3 is 9.88 Å². The lowest BCUT2D eigenvalue weighted by atomic mass is 10.1. The molecule has 1 atom stereocenters. The highest BCUT2D eigenvalue weighted by molar-refractivity contribution is 6.06. The molecule has 0 fully saturated rings. The average molecular weight is 479 g/mol. The number of benzene rings is 2. The van der Waals surface area contributed by atoms with Crippen molar-refractivity contribution < 1.29 is 18.4 Å². The van der Waals surface area contributed by atoms with E-state index in [1.165, 1.54) is 6.07 Å². The molecule has 35 heavy (non-hydrogen) atoms. The quantitative estimate of drug-likeness (QED) is 0.443. The van der Waals surface area contributed by atoms with Crippen LogP contribution in [0.1, 0.15) is 59.5 Å². The lowest BCUT2D eigenvalue weighted by molar-refractivity contribution is 0.0582. The van der Waals surface area contributed by atoms with Gasteiger partial charge in [-0.1, -0.05) is 12.1 Å². The number of amides is 2. The monoisotopic (exact) mass is 479 g/mol. The SMILES string of the molecule is C[C@H]1CCCCNC(=O)c2cccc(c2)C(=O)Nc2nc3cccc(-c4ncnn4C(F)F)c3n21.